The molecule has 0 saturated heterocycles. The third kappa shape index (κ3) is 3.48. The third-order valence-electron chi connectivity index (χ3n) is 3.40. The highest BCUT2D eigenvalue weighted by Gasteiger charge is 2.55. The van der Waals surface area contributed by atoms with Crippen molar-refractivity contribution in [3.63, 3.8) is 0 Å². The van der Waals surface area contributed by atoms with Crippen LogP contribution in [0, 0.1) is 19.8 Å². The smallest absolute Gasteiger partial charge is 0.251 e. The molecule has 0 amide bonds. The second kappa shape index (κ2) is 4.92. The van der Waals surface area contributed by atoms with E-state index in [2.05, 4.69) is 16.0 Å². The summed E-state index contributed by atoms with van der Waals surface area (Å²) in [6.45, 7) is 5.44. The molecule has 1 saturated carbocycles. The van der Waals surface area contributed by atoms with Crippen molar-refractivity contribution in [2.45, 2.75) is 39.2 Å². The van der Waals surface area contributed by atoms with Crippen molar-refractivity contribution in [1.82, 2.24) is 9.88 Å². The molecule has 1 aliphatic rings. The summed E-state index contributed by atoms with van der Waals surface area (Å²) >= 11 is 0. The summed E-state index contributed by atoms with van der Waals surface area (Å²) in [5, 5.41) is 0. The second-order valence-electron chi connectivity index (χ2n) is 5.47. The SMILES string of the molecule is Cc1cc(C)nc(CN(C)CCC2CC2(F)F)c1. The van der Waals surface area contributed by atoms with E-state index in [4.69, 9.17) is 0 Å². The zero-order chi connectivity index (χ0) is 13.3. The molecule has 4 heteroatoms. The Hall–Kier alpha value is -1.03. The molecule has 0 radical (unpaired) electrons. The Kier molecular flexibility index (Phi) is 3.66. The van der Waals surface area contributed by atoms with E-state index in [1.54, 1.807) is 0 Å². The van der Waals surface area contributed by atoms with Crippen LogP contribution in [0.1, 0.15) is 29.8 Å². The number of hydrogen-bond acceptors (Lipinski definition) is 2. The zero-order valence-corrected chi connectivity index (χ0v) is 11.2. The maximum absolute atomic E-state index is 12.7. The molecule has 1 aromatic rings. The quantitative estimate of drug-likeness (QED) is 0.802. The Bertz CT molecular complexity index is 412. The molecule has 0 aromatic carbocycles. The van der Waals surface area contributed by atoms with Gasteiger partial charge in [-0.3, -0.25) is 4.98 Å². The molecule has 2 rings (SSSR count). The molecule has 0 spiro atoms. The molecule has 100 valence electrons. The van der Waals surface area contributed by atoms with Crippen molar-refractivity contribution in [3.8, 4) is 0 Å². The normalized spacial score (nSPS) is 21.3. The second-order valence-corrected chi connectivity index (χ2v) is 5.47. The monoisotopic (exact) mass is 254 g/mol. The van der Waals surface area contributed by atoms with Gasteiger partial charge in [0, 0.05) is 24.6 Å². The van der Waals surface area contributed by atoms with Gasteiger partial charge < -0.3 is 4.90 Å². The van der Waals surface area contributed by atoms with Crippen LogP contribution in [0.2, 0.25) is 0 Å². The Morgan fingerprint density at radius 3 is 2.61 bits per heavy atom. The van der Waals surface area contributed by atoms with Gasteiger partial charge in [-0.1, -0.05) is 0 Å². The van der Waals surface area contributed by atoms with Gasteiger partial charge in [-0.15, -0.1) is 0 Å². The summed E-state index contributed by atoms with van der Waals surface area (Å²) in [4.78, 5) is 6.52. The van der Waals surface area contributed by atoms with Crippen LogP contribution in [0.5, 0.6) is 0 Å². The molecular formula is C14H20F2N2. The van der Waals surface area contributed by atoms with Crippen LogP contribution in [-0.2, 0) is 6.54 Å². The van der Waals surface area contributed by atoms with E-state index in [1.807, 2.05) is 27.0 Å². The van der Waals surface area contributed by atoms with E-state index >= 15 is 0 Å². The van der Waals surface area contributed by atoms with Crippen LogP contribution in [0.25, 0.3) is 0 Å². The van der Waals surface area contributed by atoms with Crippen LogP contribution in [0.3, 0.4) is 0 Å². The van der Waals surface area contributed by atoms with E-state index in [-0.39, 0.29) is 6.42 Å². The Morgan fingerprint density at radius 2 is 2.06 bits per heavy atom. The largest absolute Gasteiger partial charge is 0.301 e. The average molecular weight is 254 g/mol. The lowest BCUT2D eigenvalue weighted by molar-refractivity contribution is 0.0943. The van der Waals surface area contributed by atoms with Crippen molar-refractivity contribution >= 4 is 0 Å². The molecule has 1 fully saturated rings. The van der Waals surface area contributed by atoms with E-state index in [0.29, 0.717) is 13.0 Å². The zero-order valence-electron chi connectivity index (χ0n) is 11.2. The number of aromatic nitrogens is 1. The molecule has 0 aliphatic heterocycles. The number of aryl methyl sites for hydroxylation is 2. The molecule has 2 nitrogen and oxygen atoms in total. The fourth-order valence-electron chi connectivity index (χ4n) is 2.32. The fraction of sp³-hybridized carbons (Fsp3) is 0.643. The van der Waals surface area contributed by atoms with Gasteiger partial charge in [0.25, 0.3) is 5.92 Å². The summed E-state index contributed by atoms with van der Waals surface area (Å²) in [6, 6.07) is 4.09. The highest BCUT2D eigenvalue weighted by Crippen LogP contribution is 2.50. The Morgan fingerprint density at radius 1 is 1.39 bits per heavy atom. The van der Waals surface area contributed by atoms with Crippen LogP contribution < -0.4 is 0 Å². The van der Waals surface area contributed by atoms with Crippen molar-refractivity contribution in [2.75, 3.05) is 13.6 Å². The highest BCUT2D eigenvalue weighted by atomic mass is 19.3. The van der Waals surface area contributed by atoms with Crippen molar-refractivity contribution in [3.05, 3.63) is 29.1 Å². The van der Waals surface area contributed by atoms with Gasteiger partial charge >= 0.3 is 0 Å². The summed E-state index contributed by atoms with van der Waals surface area (Å²) in [5.41, 5.74) is 3.21. The minimum absolute atomic E-state index is 0.0721. The predicted octanol–water partition coefficient (Wildman–Crippen LogP) is 3.18. The summed E-state index contributed by atoms with van der Waals surface area (Å²) in [5.74, 6) is -2.79. The first kappa shape index (κ1) is 13.4. The van der Waals surface area contributed by atoms with Gasteiger partial charge in [-0.2, -0.15) is 0 Å². The fourth-order valence-corrected chi connectivity index (χ4v) is 2.32. The number of halogens is 2. The molecule has 0 bridgehead atoms. The van der Waals surface area contributed by atoms with Gasteiger partial charge in [0.05, 0.1) is 5.69 Å². The predicted molar refractivity (Wildman–Crippen MR) is 67.7 cm³/mol. The molecule has 1 atom stereocenters. The van der Waals surface area contributed by atoms with Crippen LogP contribution in [-0.4, -0.2) is 29.4 Å². The van der Waals surface area contributed by atoms with Crippen LogP contribution in [0.15, 0.2) is 12.1 Å². The summed E-state index contributed by atoms with van der Waals surface area (Å²) in [7, 11) is 1.96. The molecular weight excluding hydrogens is 234 g/mol. The molecule has 0 N–H and O–H groups in total. The lowest BCUT2D eigenvalue weighted by Crippen LogP contribution is -2.21. The Labute approximate surface area is 107 Å². The average Bonchev–Trinajstić information content (AvgIpc) is 2.82. The lowest BCUT2D eigenvalue weighted by atomic mass is 10.2. The number of alkyl halides is 2. The van der Waals surface area contributed by atoms with E-state index in [0.717, 1.165) is 17.9 Å². The first-order valence-electron chi connectivity index (χ1n) is 6.37. The molecule has 1 unspecified atom stereocenters. The highest BCUT2D eigenvalue weighted by molar-refractivity contribution is 5.19. The molecule has 1 aliphatic carbocycles. The number of pyridine rings is 1. The number of rotatable bonds is 5. The van der Waals surface area contributed by atoms with Gasteiger partial charge in [0.15, 0.2) is 0 Å². The van der Waals surface area contributed by atoms with Crippen molar-refractivity contribution in [1.29, 1.82) is 0 Å². The van der Waals surface area contributed by atoms with Gasteiger partial charge in [-0.25, -0.2) is 8.78 Å². The first-order chi connectivity index (χ1) is 8.37. The first-order valence-corrected chi connectivity index (χ1v) is 6.37. The topological polar surface area (TPSA) is 16.1 Å². The van der Waals surface area contributed by atoms with Gasteiger partial charge in [-0.05, 0) is 51.6 Å². The van der Waals surface area contributed by atoms with E-state index < -0.39 is 11.8 Å². The van der Waals surface area contributed by atoms with Crippen molar-refractivity contribution < 1.29 is 8.78 Å². The maximum Gasteiger partial charge on any atom is 0.251 e. The molecule has 1 heterocycles. The minimum atomic E-state index is -2.39. The van der Waals surface area contributed by atoms with Crippen LogP contribution in [0.4, 0.5) is 8.78 Å². The lowest BCUT2D eigenvalue weighted by Gasteiger charge is -2.16. The maximum atomic E-state index is 12.7. The third-order valence-corrected chi connectivity index (χ3v) is 3.40. The standard InChI is InChI=1S/C14H20F2N2/c1-10-6-11(2)17-13(7-10)9-18(3)5-4-12-8-14(12,15)16/h6-7,12H,4-5,8-9H2,1-3H3. The number of hydrogen-bond donors (Lipinski definition) is 0. The summed E-state index contributed by atoms with van der Waals surface area (Å²) in [6.07, 6.45) is 0.650. The minimum Gasteiger partial charge on any atom is -0.301 e. The van der Waals surface area contributed by atoms with Crippen LogP contribution >= 0.6 is 0 Å². The number of nitrogens with zero attached hydrogens (tertiary/aromatic N) is 2. The summed E-state index contributed by atoms with van der Waals surface area (Å²) < 4.78 is 25.5. The van der Waals surface area contributed by atoms with E-state index in [1.165, 1.54) is 5.56 Å². The van der Waals surface area contributed by atoms with E-state index in [9.17, 15) is 8.78 Å². The van der Waals surface area contributed by atoms with Gasteiger partial charge in [0.1, 0.15) is 0 Å². The van der Waals surface area contributed by atoms with Crippen molar-refractivity contribution in [2.24, 2.45) is 5.92 Å². The molecule has 1 aromatic heterocycles. The van der Waals surface area contributed by atoms with Gasteiger partial charge in [0.2, 0.25) is 0 Å². The Balaban J connectivity index is 1.81. The molecule has 18 heavy (non-hydrogen) atoms.